The van der Waals surface area contributed by atoms with Crippen molar-refractivity contribution in [2.45, 2.75) is 72.1 Å². The highest BCUT2D eigenvalue weighted by Crippen LogP contribution is 2.26. The number of carbonyl (C=O) groups is 3. The van der Waals surface area contributed by atoms with Crippen LogP contribution in [0, 0.1) is 0 Å². The van der Waals surface area contributed by atoms with Crippen molar-refractivity contribution in [3.63, 3.8) is 0 Å². The number of nitrogens with one attached hydrogen (secondary N) is 2. The first-order valence-corrected chi connectivity index (χ1v) is 12.3. The van der Waals surface area contributed by atoms with Gasteiger partial charge in [0.2, 0.25) is 5.91 Å². The van der Waals surface area contributed by atoms with Crippen LogP contribution in [0.25, 0.3) is 0 Å². The first-order chi connectivity index (χ1) is 17.0. The molecule has 0 aliphatic rings. The molecule has 2 atom stereocenters. The Labute approximate surface area is 214 Å². The zero-order valence-corrected chi connectivity index (χ0v) is 22.4. The van der Waals surface area contributed by atoms with Gasteiger partial charge in [-0.25, -0.2) is 4.79 Å². The van der Waals surface area contributed by atoms with Crippen LogP contribution in [0.4, 0.5) is 10.5 Å². The van der Waals surface area contributed by atoms with E-state index < -0.39 is 23.8 Å². The number of rotatable bonds is 10. The highest BCUT2D eigenvalue weighted by molar-refractivity contribution is 5.99. The standard InChI is InChI=1S/C28H39N3O5/c1-8-18-31(26(33)19(3)29-27(34)36-28(4,5)6)24(21-12-10-20(9-2)11-13-21)25(32)30-22-14-16-23(35-7)17-15-22/h10-17,19,24H,8-9,18H2,1-7H3,(H,29,34)(H,30,32). The van der Waals surface area contributed by atoms with Gasteiger partial charge in [0.05, 0.1) is 7.11 Å². The Morgan fingerprint density at radius 3 is 2.08 bits per heavy atom. The summed E-state index contributed by atoms with van der Waals surface area (Å²) in [5.41, 5.74) is 1.70. The van der Waals surface area contributed by atoms with Gasteiger partial charge in [0.25, 0.3) is 5.91 Å². The molecule has 0 bridgehead atoms. The quantitative estimate of drug-likeness (QED) is 0.477. The van der Waals surface area contributed by atoms with Crippen LogP contribution in [-0.2, 0) is 20.7 Å². The van der Waals surface area contributed by atoms with Crippen molar-refractivity contribution >= 4 is 23.6 Å². The Morgan fingerprint density at radius 1 is 0.972 bits per heavy atom. The number of alkyl carbamates (subject to hydrolysis) is 1. The molecule has 0 saturated heterocycles. The van der Waals surface area contributed by atoms with Crippen LogP contribution in [0.3, 0.4) is 0 Å². The van der Waals surface area contributed by atoms with Gasteiger partial charge >= 0.3 is 6.09 Å². The summed E-state index contributed by atoms with van der Waals surface area (Å²) in [5.74, 6) is -0.0580. The van der Waals surface area contributed by atoms with Crippen molar-refractivity contribution in [2.75, 3.05) is 19.0 Å². The monoisotopic (exact) mass is 497 g/mol. The van der Waals surface area contributed by atoms with Gasteiger partial charge in [0.1, 0.15) is 23.4 Å². The van der Waals surface area contributed by atoms with Crippen LogP contribution in [0.2, 0.25) is 0 Å². The van der Waals surface area contributed by atoms with Gasteiger partial charge in [0.15, 0.2) is 0 Å². The number of carbonyl (C=O) groups excluding carboxylic acids is 3. The minimum absolute atomic E-state index is 0.329. The summed E-state index contributed by atoms with van der Waals surface area (Å²) in [6, 6.07) is 12.9. The summed E-state index contributed by atoms with van der Waals surface area (Å²) in [5, 5.41) is 5.53. The van der Waals surface area contributed by atoms with Crippen LogP contribution < -0.4 is 15.4 Å². The van der Waals surface area contributed by atoms with Crippen LogP contribution >= 0.6 is 0 Å². The third kappa shape index (κ3) is 8.29. The lowest BCUT2D eigenvalue weighted by atomic mass is 10.0. The SMILES string of the molecule is CCCN(C(=O)C(C)NC(=O)OC(C)(C)C)C(C(=O)Nc1ccc(OC)cc1)c1ccc(CC)cc1. The van der Waals surface area contributed by atoms with Gasteiger partial charge < -0.3 is 25.0 Å². The summed E-state index contributed by atoms with van der Waals surface area (Å²) in [4.78, 5) is 41.0. The lowest BCUT2D eigenvalue weighted by Gasteiger charge is -2.33. The molecule has 0 radical (unpaired) electrons. The number of hydrogen-bond donors (Lipinski definition) is 2. The Kier molecular flexibility index (Phi) is 10.3. The molecule has 0 aromatic heterocycles. The fourth-order valence-corrected chi connectivity index (χ4v) is 3.70. The molecule has 196 valence electrons. The molecule has 8 heteroatoms. The number of anilines is 1. The van der Waals surface area contributed by atoms with Gasteiger partial charge in [-0.2, -0.15) is 0 Å². The van der Waals surface area contributed by atoms with Crippen LogP contribution in [-0.4, -0.2) is 48.1 Å². The number of amides is 3. The van der Waals surface area contributed by atoms with Gasteiger partial charge in [-0.1, -0.05) is 38.1 Å². The fourth-order valence-electron chi connectivity index (χ4n) is 3.70. The largest absolute Gasteiger partial charge is 0.497 e. The summed E-state index contributed by atoms with van der Waals surface area (Å²) in [7, 11) is 1.57. The molecule has 0 heterocycles. The zero-order valence-electron chi connectivity index (χ0n) is 22.4. The number of nitrogens with zero attached hydrogens (tertiary/aromatic N) is 1. The van der Waals surface area contributed by atoms with Crippen LogP contribution in [0.5, 0.6) is 5.75 Å². The topological polar surface area (TPSA) is 97.0 Å². The van der Waals surface area contributed by atoms with Crippen LogP contribution in [0.1, 0.15) is 65.1 Å². The Balaban J connectivity index is 2.38. The lowest BCUT2D eigenvalue weighted by molar-refractivity contribution is -0.140. The second-order valence-electron chi connectivity index (χ2n) is 9.61. The fraction of sp³-hybridized carbons (Fsp3) is 0.464. The van der Waals surface area contributed by atoms with E-state index in [1.54, 1.807) is 59.1 Å². The molecular weight excluding hydrogens is 458 g/mol. The van der Waals surface area contributed by atoms with Crippen molar-refractivity contribution in [1.82, 2.24) is 10.2 Å². The van der Waals surface area contributed by atoms with E-state index in [1.807, 2.05) is 31.2 Å². The average molecular weight is 498 g/mol. The summed E-state index contributed by atoms with van der Waals surface area (Å²) < 4.78 is 10.5. The van der Waals surface area contributed by atoms with E-state index in [0.717, 1.165) is 12.0 Å². The van der Waals surface area contributed by atoms with E-state index in [1.165, 1.54) is 4.90 Å². The summed E-state index contributed by atoms with van der Waals surface area (Å²) >= 11 is 0. The van der Waals surface area contributed by atoms with Crippen molar-refractivity contribution in [3.8, 4) is 5.75 Å². The van der Waals surface area contributed by atoms with E-state index in [2.05, 4.69) is 17.6 Å². The van der Waals surface area contributed by atoms with E-state index in [-0.39, 0.29) is 11.8 Å². The molecule has 36 heavy (non-hydrogen) atoms. The minimum atomic E-state index is -0.895. The maximum absolute atomic E-state index is 13.6. The summed E-state index contributed by atoms with van der Waals surface area (Å²) in [6.45, 7) is 11.2. The van der Waals surface area contributed by atoms with E-state index in [0.29, 0.717) is 30.0 Å². The molecule has 2 aromatic rings. The van der Waals surface area contributed by atoms with Gasteiger partial charge in [-0.05, 0) is 75.9 Å². The van der Waals surface area contributed by atoms with Gasteiger partial charge in [-0.15, -0.1) is 0 Å². The van der Waals surface area contributed by atoms with Crippen molar-refractivity contribution in [2.24, 2.45) is 0 Å². The first-order valence-electron chi connectivity index (χ1n) is 12.3. The molecule has 0 saturated carbocycles. The smallest absolute Gasteiger partial charge is 0.408 e. The van der Waals surface area contributed by atoms with Gasteiger partial charge in [-0.3, -0.25) is 9.59 Å². The van der Waals surface area contributed by atoms with Crippen molar-refractivity contribution in [3.05, 3.63) is 59.7 Å². The number of methoxy groups -OCH3 is 1. The maximum Gasteiger partial charge on any atom is 0.408 e. The molecule has 2 N–H and O–H groups in total. The Hall–Kier alpha value is -3.55. The molecule has 3 amide bonds. The molecule has 2 rings (SSSR count). The lowest BCUT2D eigenvalue weighted by Crippen LogP contribution is -2.51. The maximum atomic E-state index is 13.6. The highest BCUT2D eigenvalue weighted by atomic mass is 16.6. The van der Waals surface area contributed by atoms with Crippen molar-refractivity contribution < 1.29 is 23.9 Å². The molecule has 2 unspecified atom stereocenters. The second kappa shape index (κ2) is 13.0. The van der Waals surface area contributed by atoms with E-state index in [9.17, 15) is 14.4 Å². The molecule has 0 fully saturated rings. The molecule has 0 spiro atoms. The Morgan fingerprint density at radius 2 is 1.58 bits per heavy atom. The third-order valence-electron chi connectivity index (χ3n) is 5.47. The molecule has 0 aliphatic carbocycles. The van der Waals surface area contributed by atoms with E-state index in [4.69, 9.17) is 9.47 Å². The Bertz CT molecular complexity index is 1010. The van der Waals surface area contributed by atoms with Crippen LogP contribution in [0.15, 0.2) is 48.5 Å². The number of benzene rings is 2. The molecule has 8 nitrogen and oxygen atoms in total. The van der Waals surface area contributed by atoms with E-state index >= 15 is 0 Å². The normalized spacial score (nSPS) is 12.8. The first kappa shape index (κ1) is 28.7. The second-order valence-corrected chi connectivity index (χ2v) is 9.61. The van der Waals surface area contributed by atoms with Crippen molar-refractivity contribution in [1.29, 1.82) is 0 Å². The molecule has 0 aliphatic heterocycles. The number of hydrogen-bond acceptors (Lipinski definition) is 5. The zero-order chi connectivity index (χ0) is 26.9. The molecular formula is C28H39N3O5. The highest BCUT2D eigenvalue weighted by Gasteiger charge is 2.34. The number of aryl methyl sites for hydroxylation is 1. The predicted molar refractivity (Wildman–Crippen MR) is 141 cm³/mol. The number of ether oxygens (including phenoxy) is 2. The minimum Gasteiger partial charge on any atom is -0.497 e. The average Bonchev–Trinajstić information content (AvgIpc) is 2.82. The third-order valence-corrected chi connectivity index (χ3v) is 5.47. The van der Waals surface area contributed by atoms with Gasteiger partial charge in [0, 0.05) is 12.2 Å². The predicted octanol–water partition coefficient (Wildman–Crippen LogP) is 5.09. The summed E-state index contributed by atoms with van der Waals surface area (Å²) in [6.07, 6.45) is 0.799. The molecule has 2 aromatic carbocycles.